The first-order valence-electron chi connectivity index (χ1n) is 7.54. The summed E-state index contributed by atoms with van der Waals surface area (Å²) in [6.45, 7) is 0.845. The maximum atomic E-state index is 12.9. The lowest BCUT2D eigenvalue weighted by molar-refractivity contribution is -0.129. The van der Waals surface area contributed by atoms with Gasteiger partial charge in [0.1, 0.15) is 5.82 Å². The average molecular weight is 340 g/mol. The first-order valence-corrected chi connectivity index (χ1v) is 9.43. The molecule has 2 rings (SSSR count). The molecule has 5 nitrogen and oxygen atoms in total. The van der Waals surface area contributed by atoms with E-state index in [1.165, 1.54) is 18.2 Å². The predicted octanol–water partition coefficient (Wildman–Crippen LogP) is 1.77. The van der Waals surface area contributed by atoms with E-state index in [4.69, 9.17) is 0 Å². The Morgan fingerprint density at radius 1 is 1.35 bits per heavy atom. The van der Waals surface area contributed by atoms with Gasteiger partial charge in [0.05, 0.1) is 6.26 Å². The molecular formula is C16H21FN2O3S. The van der Waals surface area contributed by atoms with Crippen molar-refractivity contribution in [3.63, 3.8) is 0 Å². The number of halogens is 1. The van der Waals surface area contributed by atoms with Crippen LogP contribution < -0.4 is 4.72 Å². The van der Waals surface area contributed by atoms with E-state index in [0.717, 1.165) is 31.1 Å². The molecule has 0 saturated carbocycles. The number of sulfonamides is 1. The number of likely N-dealkylation sites (tertiary alicyclic amines) is 1. The molecule has 1 heterocycles. The van der Waals surface area contributed by atoms with Gasteiger partial charge in [-0.15, -0.1) is 0 Å². The van der Waals surface area contributed by atoms with Gasteiger partial charge in [0, 0.05) is 25.2 Å². The van der Waals surface area contributed by atoms with Gasteiger partial charge in [-0.1, -0.05) is 12.1 Å². The molecule has 1 unspecified atom stereocenters. The molecular weight excluding hydrogens is 319 g/mol. The van der Waals surface area contributed by atoms with E-state index in [9.17, 15) is 17.6 Å². The minimum atomic E-state index is -3.27. The summed E-state index contributed by atoms with van der Waals surface area (Å²) >= 11 is 0. The highest BCUT2D eigenvalue weighted by Crippen LogP contribution is 2.17. The minimum Gasteiger partial charge on any atom is -0.335 e. The van der Waals surface area contributed by atoms with Crippen LogP contribution in [0.5, 0.6) is 0 Å². The molecule has 0 aliphatic carbocycles. The normalized spacial score (nSPS) is 19.2. The summed E-state index contributed by atoms with van der Waals surface area (Å²) in [6, 6.07) is 5.73. The van der Waals surface area contributed by atoms with E-state index >= 15 is 0 Å². The number of nitrogens with one attached hydrogen (secondary N) is 1. The van der Waals surface area contributed by atoms with Gasteiger partial charge >= 0.3 is 0 Å². The Labute approximate surface area is 136 Å². The van der Waals surface area contributed by atoms with Gasteiger partial charge in [0.15, 0.2) is 0 Å². The van der Waals surface area contributed by atoms with Crippen molar-refractivity contribution in [3.8, 4) is 0 Å². The molecule has 0 aromatic heterocycles. The summed E-state index contributed by atoms with van der Waals surface area (Å²) in [5.74, 6) is -0.481. The van der Waals surface area contributed by atoms with Gasteiger partial charge in [0.2, 0.25) is 15.9 Å². The maximum absolute atomic E-state index is 12.9. The van der Waals surface area contributed by atoms with E-state index in [-0.39, 0.29) is 24.3 Å². The number of carbonyl (C=O) groups is 1. The fourth-order valence-electron chi connectivity index (χ4n) is 2.59. The molecule has 0 bridgehead atoms. The number of piperidine rings is 1. The van der Waals surface area contributed by atoms with Crippen molar-refractivity contribution < 1.29 is 17.6 Å². The molecule has 0 radical (unpaired) electrons. The first-order chi connectivity index (χ1) is 10.8. The van der Waals surface area contributed by atoms with Crippen LogP contribution in [0.3, 0.4) is 0 Å². The van der Waals surface area contributed by atoms with E-state index in [2.05, 4.69) is 4.72 Å². The lowest BCUT2D eigenvalue weighted by atomic mass is 10.0. The van der Waals surface area contributed by atoms with E-state index < -0.39 is 10.0 Å². The third-order valence-corrected chi connectivity index (χ3v) is 4.47. The van der Waals surface area contributed by atoms with Gasteiger partial charge < -0.3 is 4.90 Å². The van der Waals surface area contributed by atoms with E-state index in [0.29, 0.717) is 6.54 Å². The highest BCUT2D eigenvalue weighted by molar-refractivity contribution is 7.88. The Morgan fingerprint density at radius 3 is 2.70 bits per heavy atom. The summed E-state index contributed by atoms with van der Waals surface area (Å²) in [5.41, 5.74) is 0.738. The molecule has 1 aliphatic rings. The van der Waals surface area contributed by atoms with Crippen LogP contribution in [0.1, 0.15) is 24.8 Å². The van der Waals surface area contributed by atoms with E-state index in [1.807, 2.05) is 0 Å². The molecule has 1 saturated heterocycles. The lowest BCUT2D eigenvalue weighted by Gasteiger charge is -2.35. The van der Waals surface area contributed by atoms with Crippen LogP contribution in [-0.4, -0.2) is 44.6 Å². The second kappa shape index (κ2) is 7.70. The van der Waals surface area contributed by atoms with Crippen molar-refractivity contribution in [1.29, 1.82) is 0 Å². The van der Waals surface area contributed by atoms with Crippen LogP contribution >= 0.6 is 0 Å². The highest BCUT2D eigenvalue weighted by Gasteiger charge is 2.25. The average Bonchev–Trinajstić information content (AvgIpc) is 2.52. The lowest BCUT2D eigenvalue weighted by Crippen LogP contribution is -2.48. The standard InChI is InChI=1S/C16H21FN2O3S/c1-23(21,22)18-12-15-4-2-3-11-19(15)16(20)10-7-13-5-8-14(17)9-6-13/h5-10,15,18H,2-4,11-12H2,1H3/b10-7+. The fraction of sp³-hybridized carbons (Fsp3) is 0.438. The Kier molecular flexibility index (Phi) is 5.90. The van der Waals surface area contributed by atoms with Crippen LogP contribution in [0.2, 0.25) is 0 Å². The molecule has 1 aliphatic heterocycles. The molecule has 7 heteroatoms. The third-order valence-electron chi connectivity index (χ3n) is 3.78. The number of rotatable bonds is 5. The summed E-state index contributed by atoms with van der Waals surface area (Å²) < 4.78 is 37.8. The van der Waals surface area contributed by atoms with Gasteiger partial charge in [-0.25, -0.2) is 17.5 Å². The largest absolute Gasteiger partial charge is 0.335 e. The molecule has 1 aromatic carbocycles. The summed E-state index contributed by atoms with van der Waals surface area (Å²) in [5, 5.41) is 0. The van der Waals surface area contributed by atoms with Gasteiger partial charge in [-0.05, 0) is 43.0 Å². The zero-order valence-electron chi connectivity index (χ0n) is 13.0. The van der Waals surface area contributed by atoms with Gasteiger partial charge in [-0.2, -0.15) is 0 Å². The molecule has 0 spiro atoms. The van der Waals surface area contributed by atoms with Crippen molar-refractivity contribution >= 4 is 22.0 Å². The zero-order chi connectivity index (χ0) is 16.9. The Balaban J connectivity index is 2.01. The maximum Gasteiger partial charge on any atom is 0.246 e. The summed E-state index contributed by atoms with van der Waals surface area (Å²) in [4.78, 5) is 14.1. The third kappa shape index (κ3) is 5.76. The monoisotopic (exact) mass is 340 g/mol. The number of carbonyl (C=O) groups excluding carboxylic acids is 1. The molecule has 23 heavy (non-hydrogen) atoms. The van der Waals surface area contributed by atoms with Crippen molar-refractivity contribution in [2.24, 2.45) is 0 Å². The Morgan fingerprint density at radius 2 is 2.04 bits per heavy atom. The van der Waals surface area contributed by atoms with Crippen molar-refractivity contribution in [1.82, 2.24) is 9.62 Å². The Bertz CT molecular complexity index is 671. The van der Waals surface area contributed by atoms with Crippen LogP contribution in [-0.2, 0) is 14.8 Å². The van der Waals surface area contributed by atoms with Crippen LogP contribution in [0, 0.1) is 5.82 Å². The molecule has 1 aromatic rings. The number of benzene rings is 1. The minimum absolute atomic E-state index is 0.135. The highest BCUT2D eigenvalue weighted by atomic mass is 32.2. The molecule has 1 atom stereocenters. The molecule has 1 N–H and O–H groups in total. The molecule has 126 valence electrons. The second-order valence-corrected chi connectivity index (χ2v) is 7.52. The number of amides is 1. The van der Waals surface area contributed by atoms with Crippen LogP contribution in [0.25, 0.3) is 6.08 Å². The summed E-state index contributed by atoms with van der Waals surface area (Å²) in [6.07, 6.45) is 6.85. The smallest absolute Gasteiger partial charge is 0.246 e. The zero-order valence-corrected chi connectivity index (χ0v) is 13.9. The Hall–Kier alpha value is -1.73. The topological polar surface area (TPSA) is 66.5 Å². The molecule has 1 amide bonds. The van der Waals surface area contributed by atoms with Gasteiger partial charge in [-0.3, -0.25) is 4.79 Å². The van der Waals surface area contributed by atoms with E-state index in [1.54, 1.807) is 23.1 Å². The number of hydrogen-bond donors (Lipinski definition) is 1. The van der Waals surface area contributed by atoms with Crippen molar-refractivity contribution in [2.75, 3.05) is 19.3 Å². The number of hydrogen-bond acceptors (Lipinski definition) is 3. The quantitative estimate of drug-likeness (QED) is 0.831. The van der Waals surface area contributed by atoms with Crippen LogP contribution in [0.4, 0.5) is 4.39 Å². The molecule has 1 fully saturated rings. The van der Waals surface area contributed by atoms with Gasteiger partial charge in [0.25, 0.3) is 0 Å². The summed E-state index contributed by atoms with van der Waals surface area (Å²) in [7, 11) is -3.27. The second-order valence-electron chi connectivity index (χ2n) is 5.69. The van der Waals surface area contributed by atoms with Crippen molar-refractivity contribution in [2.45, 2.75) is 25.3 Å². The predicted molar refractivity (Wildman–Crippen MR) is 87.6 cm³/mol. The number of nitrogens with zero attached hydrogens (tertiary/aromatic N) is 1. The first kappa shape index (κ1) is 17.6. The fourth-order valence-corrected chi connectivity index (χ4v) is 3.08. The SMILES string of the molecule is CS(=O)(=O)NCC1CCCCN1C(=O)/C=C/c1ccc(F)cc1. The van der Waals surface area contributed by atoms with Crippen LogP contribution in [0.15, 0.2) is 30.3 Å². The van der Waals surface area contributed by atoms with Crippen molar-refractivity contribution in [3.05, 3.63) is 41.7 Å².